The fraction of sp³-hybridized carbons (Fsp3) is 0.882. The van der Waals surface area contributed by atoms with Crippen molar-refractivity contribution in [2.24, 2.45) is 11.8 Å². The second kappa shape index (κ2) is 8.40. The Bertz CT molecular complexity index is 338. The molecule has 1 aliphatic carbocycles. The fourth-order valence-corrected chi connectivity index (χ4v) is 2.80. The highest BCUT2D eigenvalue weighted by molar-refractivity contribution is 5.81. The Morgan fingerprint density at radius 3 is 2.14 bits per heavy atom. The topological polar surface area (TPSA) is 55.4 Å². The number of carbonyl (C=O) groups is 2. The molecule has 0 radical (unpaired) electrons. The molecule has 0 aliphatic heterocycles. The zero-order valence-corrected chi connectivity index (χ0v) is 14.0. The number of ether oxygens (including phenoxy) is 1. The van der Waals surface area contributed by atoms with Crippen LogP contribution in [0.5, 0.6) is 0 Å². The minimum atomic E-state index is -0.481. The van der Waals surface area contributed by atoms with E-state index in [-0.39, 0.29) is 24.7 Å². The van der Waals surface area contributed by atoms with Crippen LogP contribution in [-0.2, 0) is 14.3 Å². The van der Waals surface area contributed by atoms with Gasteiger partial charge in [-0.25, -0.2) is 0 Å². The smallest absolute Gasteiger partial charge is 0.306 e. The average molecular weight is 297 g/mol. The molecule has 1 saturated carbocycles. The van der Waals surface area contributed by atoms with Crippen LogP contribution in [-0.4, -0.2) is 24.0 Å². The highest BCUT2D eigenvalue weighted by Crippen LogP contribution is 2.30. The summed E-state index contributed by atoms with van der Waals surface area (Å²) in [5.41, 5.74) is -0.481. The minimum Gasteiger partial charge on any atom is -0.460 e. The first-order valence-electron chi connectivity index (χ1n) is 8.28. The molecule has 1 amide bonds. The van der Waals surface area contributed by atoms with Gasteiger partial charge < -0.3 is 10.1 Å². The number of esters is 1. The van der Waals surface area contributed by atoms with Crippen molar-refractivity contribution in [3.8, 4) is 0 Å². The minimum absolute atomic E-state index is 0.0431. The Morgan fingerprint density at radius 1 is 1.05 bits per heavy atom. The third-order valence-electron chi connectivity index (χ3n) is 4.11. The quantitative estimate of drug-likeness (QED) is 0.764. The molecule has 0 bridgehead atoms. The third kappa shape index (κ3) is 8.08. The van der Waals surface area contributed by atoms with Gasteiger partial charge in [-0.1, -0.05) is 26.2 Å². The van der Waals surface area contributed by atoms with Crippen molar-refractivity contribution < 1.29 is 14.3 Å². The summed E-state index contributed by atoms with van der Waals surface area (Å²) in [6.45, 7) is 8.50. The summed E-state index contributed by atoms with van der Waals surface area (Å²) >= 11 is 0. The van der Waals surface area contributed by atoms with Crippen molar-refractivity contribution in [1.29, 1.82) is 0 Å². The van der Waals surface area contributed by atoms with Gasteiger partial charge in [-0.3, -0.25) is 9.59 Å². The summed E-state index contributed by atoms with van der Waals surface area (Å²) in [6, 6.07) is 0. The Morgan fingerprint density at radius 2 is 1.62 bits per heavy atom. The normalized spacial score (nSPS) is 22.7. The second-order valence-electron chi connectivity index (χ2n) is 7.19. The molecule has 1 rings (SSSR count). The van der Waals surface area contributed by atoms with E-state index >= 15 is 0 Å². The summed E-state index contributed by atoms with van der Waals surface area (Å²) < 4.78 is 5.19. The van der Waals surface area contributed by atoms with E-state index < -0.39 is 5.60 Å². The van der Waals surface area contributed by atoms with Crippen molar-refractivity contribution in [2.45, 2.75) is 78.2 Å². The molecule has 0 unspecified atom stereocenters. The number of hydrogen-bond donors (Lipinski definition) is 1. The lowest BCUT2D eigenvalue weighted by Crippen LogP contribution is -2.32. The van der Waals surface area contributed by atoms with Crippen LogP contribution in [0.3, 0.4) is 0 Å². The molecular formula is C17H31NO3. The Balaban J connectivity index is 2.13. The van der Waals surface area contributed by atoms with Gasteiger partial charge >= 0.3 is 5.97 Å². The van der Waals surface area contributed by atoms with Gasteiger partial charge in [0.15, 0.2) is 0 Å². The van der Waals surface area contributed by atoms with Gasteiger partial charge in [-0.05, 0) is 45.4 Å². The van der Waals surface area contributed by atoms with E-state index in [9.17, 15) is 9.59 Å². The summed E-state index contributed by atoms with van der Waals surface area (Å²) in [5.74, 6) is 1.14. The predicted molar refractivity (Wildman–Crippen MR) is 83.8 cm³/mol. The lowest BCUT2D eigenvalue weighted by Gasteiger charge is -2.27. The molecule has 1 N–H and O–H groups in total. The molecule has 122 valence electrons. The summed E-state index contributed by atoms with van der Waals surface area (Å²) in [4.78, 5) is 23.3. The van der Waals surface area contributed by atoms with Crippen molar-refractivity contribution in [3.63, 3.8) is 0 Å². The maximum Gasteiger partial charge on any atom is 0.306 e. The molecule has 4 nitrogen and oxygen atoms in total. The van der Waals surface area contributed by atoms with Gasteiger partial charge in [0.2, 0.25) is 5.91 Å². The first kappa shape index (κ1) is 18.0. The maximum atomic E-state index is 11.8. The van der Waals surface area contributed by atoms with Crippen LogP contribution < -0.4 is 5.32 Å². The molecule has 0 aromatic heterocycles. The van der Waals surface area contributed by atoms with Crippen molar-refractivity contribution in [1.82, 2.24) is 5.32 Å². The predicted octanol–water partition coefficient (Wildman–Crippen LogP) is 3.44. The van der Waals surface area contributed by atoms with Gasteiger partial charge in [0.05, 0.1) is 6.42 Å². The van der Waals surface area contributed by atoms with Gasteiger partial charge in [0.1, 0.15) is 5.60 Å². The van der Waals surface area contributed by atoms with Crippen molar-refractivity contribution >= 4 is 11.9 Å². The van der Waals surface area contributed by atoms with Crippen LogP contribution in [0.25, 0.3) is 0 Å². The first-order chi connectivity index (χ1) is 9.80. The molecule has 1 aliphatic rings. The fourth-order valence-electron chi connectivity index (χ4n) is 2.80. The molecule has 4 heteroatoms. The maximum absolute atomic E-state index is 11.8. The van der Waals surface area contributed by atoms with E-state index in [0.717, 1.165) is 12.5 Å². The van der Waals surface area contributed by atoms with E-state index in [1.165, 1.54) is 32.1 Å². The highest BCUT2D eigenvalue weighted by atomic mass is 16.6. The highest BCUT2D eigenvalue weighted by Gasteiger charge is 2.21. The summed E-state index contributed by atoms with van der Waals surface area (Å²) in [7, 11) is 0. The molecule has 0 heterocycles. The van der Waals surface area contributed by atoms with Crippen molar-refractivity contribution in [2.75, 3.05) is 6.54 Å². The largest absolute Gasteiger partial charge is 0.460 e. The Labute approximate surface area is 129 Å². The van der Waals surface area contributed by atoms with Gasteiger partial charge in [-0.15, -0.1) is 0 Å². The van der Waals surface area contributed by atoms with E-state index in [1.807, 2.05) is 20.8 Å². The standard InChI is InChI=1S/C17H31NO3/c1-5-13-6-8-14(9-7-13)12-18-15(19)10-11-16(20)21-17(2,3)4/h13-14H,5-12H2,1-4H3,(H,18,19). The van der Waals surface area contributed by atoms with Crippen LogP contribution in [0.4, 0.5) is 0 Å². The van der Waals surface area contributed by atoms with Crippen molar-refractivity contribution in [3.05, 3.63) is 0 Å². The lowest BCUT2D eigenvalue weighted by atomic mass is 9.81. The van der Waals surface area contributed by atoms with Crippen LogP contribution in [0.2, 0.25) is 0 Å². The van der Waals surface area contributed by atoms with Crippen LogP contribution in [0.15, 0.2) is 0 Å². The number of carbonyl (C=O) groups excluding carboxylic acids is 2. The van der Waals surface area contributed by atoms with E-state index in [4.69, 9.17) is 4.74 Å². The molecule has 21 heavy (non-hydrogen) atoms. The number of rotatable bonds is 6. The molecule has 0 aromatic carbocycles. The molecule has 0 aromatic rings. The van der Waals surface area contributed by atoms with Crippen LogP contribution in [0, 0.1) is 11.8 Å². The second-order valence-corrected chi connectivity index (χ2v) is 7.19. The Kier molecular flexibility index (Phi) is 7.20. The number of nitrogens with one attached hydrogen (secondary N) is 1. The molecular weight excluding hydrogens is 266 g/mol. The zero-order chi connectivity index (χ0) is 15.9. The van der Waals surface area contributed by atoms with E-state index in [0.29, 0.717) is 5.92 Å². The SMILES string of the molecule is CCC1CCC(CNC(=O)CCC(=O)OC(C)(C)C)CC1. The third-order valence-corrected chi connectivity index (χ3v) is 4.11. The van der Waals surface area contributed by atoms with Crippen LogP contribution >= 0.6 is 0 Å². The summed E-state index contributed by atoms with van der Waals surface area (Å²) in [6.07, 6.45) is 6.65. The number of amides is 1. The van der Waals surface area contributed by atoms with E-state index in [2.05, 4.69) is 12.2 Å². The van der Waals surface area contributed by atoms with Crippen LogP contribution in [0.1, 0.15) is 72.6 Å². The monoisotopic (exact) mass is 297 g/mol. The zero-order valence-electron chi connectivity index (χ0n) is 14.0. The first-order valence-corrected chi connectivity index (χ1v) is 8.28. The molecule has 0 saturated heterocycles. The molecule has 0 spiro atoms. The lowest BCUT2D eigenvalue weighted by molar-refractivity contribution is -0.155. The molecule has 1 fully saturated rings. The van der Waals surface area contributed by atoms with Gasteiger partial charge in [-0.2, -0.15) is 0 Å². The molecule has 0 atom stereocenters. The summed E-state index contributed by atoms with van der Waals surface area (Å²) in [5, 5.41) is 2.96. The van der Waals surface area contributed by atoms with Gasteiger partial charge in [0.25, 0.3) is 0 Å². The average Bonchev–Trinajstić information content (AvgIpc) is 2.41. The Hall–Kier alpha value is -1.06. The van der Waals surface area contributed by atoms with Gasteiger partial charge in [0, 0.05) is 13.0 Å². The van der Waals surface area contributed by atoms with E-state index in [1.54, 1.807) is 0 Å². The number of hydrogen-bond acceptors (Lipinski definition) is 3.